The molecule has 120 valence electrons. The molecule has 0 aromatic rings. The molecule has 5 saturated carbocycles. The zero-order valence-electron chi connectivity index (χ0n) is 13.2. The van der Waals surface area contributed by atoms with Crippen molar-refractivity contribution in [3.05, 3.63) is 0 Å². The molecule has 22 heavy (non-hydrogen) atoms. The van der Waals surface area contributed by atoms with Crippen molar-refractivity contribution in [2.45, 2.75) is 75.8 Å². The number of ether oxygens (including phenoxy) is 2. The molecule has 7 bridgehead atoms. The number of hydrogen-bond donors (Lipinski definition) is 0. The van der Waals surface area contributed by atoms with Crippen LogP contribution in [0.15, 0.2) is 0 Å². The van der Waals surface area contributed by atoms with Crippen LogP contribution in [0, 0.1) is 35.5 Å². The van der Waals surface area contributed by atoms with Crippen LogP contribution < -0.4 is 0 Å². The highest BCUT2D eigenvalue weighted by Crippen LogP contribution is 2.63. The Kier molecular flexibility index (Phi) is 2.56. The van der Waals surface area contributed by atoms with Gasteiger partial charge >= 0.3 is 0 Å². The molecule has 0 N–H and O–H groups in total. The van der Waals surface area contributed by atoms with E-state index in [2.05, 4.69) is 0 Å². The predicted octanol–water partition coefficient (Wildman–Crippen LogP) is 2.96. The minimum Gasteiger partial charge on any atom is -0.375 e. The average molecular weight is 302 g/mol. The van der Waals surface area contributed by atoms with Crippen LogP contribution in [0.2, 0.25) is 0 Å². The third kappa shape index (κ3) is 1.53. The lowest BCUT2D eigenvalue weighted by Crippen LogP contribution is -2.57. The van der Waals surface area contributed by atoms with Gasteiger partial charge in [0, 0.05) is 11.8 Å². The second-order valence-corrected chi connectivity index (χ2v) is 8.91. The van der Waals surface area contributed by atoms with Gasteiger partial charge in [-0.25, -0.2) is 0 Å². The van der Waals surface area contributed by atoms with E-state index in [0.717, 1.165) is 12.8 Å². The summed E-state index contributed by atoms with van der Waals surface area (Å²) in [7, 11) is 0. The first kappa shape index (κ1) is 12.9. The zero-order valence-corrected chi connectivity index (χ0v) is 13.2. The Morgan fingerprint density at radius 2 is 1.50 bits per heavy atom. The van der Waals surface area contributed by atoms with Crippen LogP contribution in [-0.2, 0) is 14.3 Å². The summed E-state index contributed by atoms with van der Waals surface area (Å²) < 4.78 is 13.4. The Balaban J connectivity index is 1.49. The van der Waals surface area contributed by atoms with Crippen molar-refractivity contribution in [3.63, 3.8) is 0 Å². The number of fused-ring (bicyclic) bond motifs is 2. The maximum absolute atomic E-state index is 13.0. The van der Waals surface area contributed by atoms with Gasteiger partial charge in [0.15, 0.2) is 0 Å². The van der Waals surface area contributed by atoms with E-state index in [4.69, 9.17) is 9.47 Å². The quantitative estimate of drug-likeness (QED) is 0.690. The lowest BCUT2D eigenvalue weighted by atomic mass is 9.55. The Bertz CT molecular complexity index is 509. The molecule has 7 fully saturated rings. The number of rotatable bonds is 0. The van der Waals surface area contributed by atoms with Gasteiger partial charge in [-0.2, -0.15) is 0 Å². The minimum atomic E-state index is 0.305. The summed E-state index contributed by atoms with van der Waals surface area (Å²) in [6.45, 7) is 0. The Morgan fingerprint density at radius 3 is 2.32 bits per heavy atom. The molecule has 2 saturated heterocycles. The van der Waals surface area contributed by atoms with Gasteiger partial charge in [-0.15, -0.1) is 0 Å². The number of ketones is 1. The smallest absolute Gasteiger partial charge is 0.139 e. The highest BCUT2D eigenvalue weighted by Gasteiger charge is 2.65. The van der Waals surface area contributed by atoms with Crippen LogP contribution in [-0.4, -0.2) is 30.2 Å². The molecule has 5 aliphatic carbocycles. The lowest BCUT2D eigenvalue weighted by Gasteiger charge is -2.56. The summed E-state index contributed by atoms with van der Waals surface area (Å²) in [4.78, 5) is 13.0. The summed E-state index contributed by atoms with van der Waals surface area (Å²) in [5.41, 5.74) is 0. The third-order valence-electron chi connectivity index (χ3n) is 8.22. The maximum Gasteiger partial charge on any atom is 0.139 e. The van der Waals surface area contributed by atoms with Gasteiger partial charge in [0.1, 0.15) is 5.78 Å². The molecular weight excluding hydrogens is 276 g/mol. The van der Waals surface area contributed by atoms with E-state index in [9.17, 15) is 4.79 Å². The van der Waals surface area contributed by atoms with Gasteiger partial charge in [0.25, 0.3) is 0 Å². The summed E-state index contributed by atoms with van der Waals surface area (Å²) in [5, 5.41) is 0. The number of Topliss-reactive ketones (excluding diaryl/α,β-unsaturated/α-hetero) is 1. The molecule has 2 aliphatic heterocycles. The van der Waals surface area contributed by atoms with Gasteiger partial charge in [-0.05, 0) is 75.0 Å². The van der Waals surface area contributed by atoms with E-state index in [1.807, 2.05) is 0 Å². The molecule has 0 aromatic heterocycles. The third-order valence-corrected chi connectivity index (χ3v) is 8.22. The first-order valence-corrected chi connectivity index (χ1v) is 9.64. The fourth-order valence-corrected chi connectivity index (χ4v) is 7.40. The molecule has 0 radical (unpaired) electrons. The van der Waals surface area contributed by atoms with Crippen LogP contribution in [0.25, 0.3) is 0 Å². The van der Waals surface area contributed by atoms with E-state index >= 15 is 0 Å². The van der Waals surface area contributed by atoms with Crippen LogP contribution in [0.1, 0.15) is 51.4 Å². The van der Waals surface area contributed by atoms with Crippen LogP contribution >= 0.6 is 0 Å². The highest BCUT2D eigenvalue weighted by molar-refractivity contribution is 5.87. The molecule has 2 heterocycles. The van der Waals surface area contributed by atoms with Crippen molar-refractivity contribution < 1.29 is 14.3 Å². The molecule has 0 amide bonds. The minimum absolute atomic E-state index is 0.305. The second kappa shape index (κ2) is 4.36. The van der Waals surface area contributed by atoms with E-state index in [-0.39, 0.29) is 0 Å². The van der Waals surface area contributed by atoms with Crippen molar-refractivity contribution in [1.29, 1.82) is 0 Å². The maximum atomic E-state index is 13.0. The molecule has 7 rings (SSSR count). The van der Waals surface area contributed by atoms with E-state index in [1.165, 1.54) is 38.5 Å². The Labute approximate surface area is 132 Å². The lowest BCUT2D eigenvalue weighted by molar-refractivity contribution is -0.218. The molecule has 3 heteroatoms. The monoisotopic (exact) mass is 302 g/mol. The predicted molar refractivity (Wildman–Crippen MR) is 80.2 cm³/mol. The van der Waals surface area contributed by atoms with Gasteiger partial charge in [-0.3, -0.25) is 4.79 Å². The summed E-state index contributed by atoms with van der Waals surface area (Å²) in [5.74, 6) is 3.76. The highest BCUT2D eigenvalue weighted by atomic mass is 16.5. The summed E-state index contributed by atoms with van der Waals surface area (Å²) in [6, 6.07) is 0. The van der Waals surface area contributed by atoms with Crippen LogP contribution in [0.4, 0.5) is 0 Å². The van der Waals surface area contributed by atoms with Crippen molar-refractivity contribution in [2.24, 2.45) is 35.5 Å². The molecule has 8 atom stereocenters. The SMILES string of the molecule is O=C1C2CC3OC4CCC(CC4)OC4C5CCC1C4C2CC35. The van der Waals surface area contributed by atoms with E-state index in [1.54, 1.807) is 0 Å². The Hall–Kier alpha value is -0.410. The van der Waals surface area contributed by atoms with Crippen LogP contribution in [0.5, 0.6) is 0 Å². The molecular formula is C19H26O3. The van der Waals surface area contributed by atoms with Gasteiger partial charge in [0.05, 0.1) is 24.4 Å². The molecule has 8 unspecified atom stereocenters. The van der Waals surface area contributed by atoms with Crippen molar-refractivity contribution in [1.82, 2.24) is 0 Å². The van der Waals surface area contributed by atoms with E-state index in [0.29, 0.717) is 65.7 Å². The van der Waals surface area contributed by atoms with Crippen molar-refractivity contribution >= 4 is 5.78 Å². The topological polar surface area (TPSA) is 35.5 Å². The summed E-state index contributed by atoms with van der Waals surface area (Å²) >= 11 is 0. The molecule has 3 nitrogen and oxygen atoms in total. The van der Waals surface area contributed by atoms with Gasteiger partial charge in [-0.1, -0.05) is 0 Å². The standard InChI is InChI=1S/C19H26O3/c20-18-12-6-5-11-13-7-14-15(18)8-16(13)21-9-1-3-10(4-2-9)22-19(11)17(12)14/h9-17,19H,1-8H2. The average Bonchev–Trinajstić information content (AvgIpc) is 2.86. The molecule has 0 spiro atoms. The largest absolute Gasteiger partial charge is 0.375 e. The molecule has 7 aliphatic rings. The van der Waals surface area contributed by atoms with E-state index < -0.39 is 0 Å². The fraction of sp³-hybridized carbons (Fsp3) is 0.947. The first-order valence-electron chi connectivity index (χ1n) is 9.64. The number of carbonyl (C=O) groups excluding carboxylic acids is 1. The summed E-state index contributed by atoms with van der Waals surface area (Å²) in [6.07, 6.45) is 10.9. The Morgan fingerprint density at radius 1 is 0.727 bits per heavy atom. The van der Waals surface area contributed by atoms with Gasteiger partial charge in [0.2, 0.25) is 0 Å². The van der Waals surface area contributed by atoms with Crippen LogP contribution in [0.3, 0.4) is 0 Å². The number of carbonyl (C=O) groups is 1. The zero-order chi connectivity index (χ0) is 14.4. The molecule has 0 aromatic carbocycles. The van der Waals surface area contributed by atoms with Crippen molar-refractivity contribution in [3.8, 4) is 0 Å². The fourth-order valence-electron chi connectivity index (χ4n) is 7.40. The van der Waals surface area contributed by atoms with Gasteiger partial charge < -0.3 is 9.47 Å². The normalized spacial score (nSPS) is 61.7. The number of hydrogen-bond acceptors (Lipinski definition) is 3. The second-order valence-electron chi connectivity index (χ2n) is 8.91. The first-order chi connectivity index (χ1) is 10.8. The van der Waals surface area contributed by atoms with Crippen molar-refractivity contribution in [2.75, 3.05) is 0 Å².